The van der Waals surface area contributed by atoms with E-state index in [0.29, 0.717) is 22.1 Å². The molecule has 0 aliphatic heterocycles. The lowest BCUT2D eigenvalue weighted by atomic mass is 9.76. The van der Waals surface area contributed by atoms with Gasteiger partial charge >= 0.3 is 5.97 Å². The summed E-state index contributed by atoms with van der Waals surface area (Å²) in [5.41, 5.74) is 0.700. The molecular formula is C25H28ClNO3. The lowest BCUT2D eigenvalue weighted by molar-refractivity contribution is -0.145. The van der Waals surface area contributed by atoms with Crippen LogP contribution in [0.15, 0.2) is 65.7 Å². The normalized spacial score (nSPS) is 14.8. The van der Waals surface area contributed by atoms with E-state index in [9.17, 15) is 15.2 Å². The van der Waals surface area contributed by atoms with Gasteiger partial charge in [0.15, 0.2) is 0 Å². The first-order chi connectivity index (χ1) is 14.2. The largest absolute Gasteiger partial charge is 0.481 e. The summed E-state index contributed by atoms with van der Waals surface area (Å²) >= 11 is 6.59. The third kappa shape index (κ3) is 6.11. The fourth-order valence-corrected chi connectivity index (χ4v) is 3.88. The number of carboxylic acid groups (broad SMARTS) is 1. The number of carboxylic acids is 1. The Morgan fingerprint density at radius 2 is 1.67 bits per heavy atom. The Balaban J connectivity index is 2.34. The van der Waals surface area contributed by atoms with Gasteiger partial charge in [-0.25, -0.2) is 0 Å². The van der Waals surface area contributed by atoms with Crippen molar-refractivity contribution in [2.24, 2.45) is 23.7 Å². The topological polar surface area (TPSA) is 70.3 Å². The van der Waals surface area contributed by atoms with Crippen LogP contribution in [0, 0.1) is 35.0 Å². The van der Waals surface area contributed by atoms with Crippen molar-refractivity contribution in [3.8, 4) is 17.6 Å². The molecule has 0 aliphatic rings. The van der Waals surface area contributed by atoms with Crippen molar-refractivity contribution < 1.29 is 14.6 Å². The van der Waals surface area contributed by atoms with E-state index in [1.807, 2.05) is 76.2 Å². The standard InChI is InChI=1S/C25H28ClNO3/c1-16(2)21(24(17(3)4)25(28)29)14-23(26)22(15-27)18-9-8-12-20(13-18)30-19-10-6-5-7-11-19/h5-14,16-17,21-22,24H,1-4H3,(H,28,29). The summed E-state index contributed by atoms with van der Waals surface area (Å²) in [4.78, 5) is 11.8. The Morgan fingerprint density at radius 1 is 1.03 bits per heavy atom. The highest BCUT2D eigenvalue weighted by atomic mass is 35.5. The van der Waals surface area contributed by atoms with Crippen LogP contribution in [-0.2, 0) is 4.79 Å². The van der Waals surface area contributed by atoms with Gasteiger partial charge in [-0.05, 0) is 47.6 Å². The second-order valence-electron chi connectivity index (χ2n) is 8.03. The molecule has 30 heavy (non-hydrogen) atoms. The Morgan fingerprint density at radius 3 is 2.20 bits per heavy atom. The SMILES string of the molecule is CC(C)C(C=C(Cl)C(C#N)c1cccc(Oc2ccccc2)c1)C(C(=O)O)C(C)C. The molecule has 2 rings (SSSR count). The number of nitrogens with zero attached hydrogens (tertiary/aromatic N) is 1. The minimum atomic E-state index is -0.851. The van der Waals surface area contributed by atoms with Crippen LogP contribution in [0.3, 0.4) is 0 Å². The number of rotatable bonds is 9. The summed E-state index contributed by atoms with van der Waals surface area (Å²) in [6.07, 6.45) is 1.75. The second kappa shape index (κ2) is 10.8. The fourth-order valence-electron chi connectivity index (χ4n) is 3.56. The van der Waals surface area contributed by atoms with Crippen molar-refractivity contribution in [2.45, 2.75) is 33.6 Å². The first-order valence-corrected chi connectivity index (χ1v) is 10.4. The van der Waals surface area contributed by atoms with Crippen molar-refractivity contribution in [1.82, 2.24) is 0 Å². The van der Waals surface area contributed by atoms with Crippen LogP contribution < -0.4 is 4.74 Å². The van der Waals surface area contributed by atoms with Gasteiger partial charge in [0.1, 0.15) is 17.4 Å². The minimum absolute atomic E-state index is 0.0567. The van der Waals surface area contributed by atoms with Crippen molar-refractivity contribution in [3.63, 3.8) is 0 Å². The molecule has 0 spiro atoms. The summed E-state index contributed by atoms with van der Waals surface area (Å²) in [6.45, 7) is 7.73. The van der Waals surface area contributed by atoms with Gasteiger partial charge in [-0.2, -0.15) is 5.26 Å². The number of benzene rings is 2. The van der Waals surface area contributed by atoms with Gasteiger partial charge in [-0.1, -0.05) is 75.7 Å². The molecule has 4 nitrogen and oxygen atoms in total. The minimum Gasteiger partial charge on any atom is -0.481 e. The third-order valence-electron chi connectivity index (χ3n) is 5.11. The maximum absolute atomic E-state index is 11.8. The Labute approximate surface area is 183 Å². The number of para-hydroxylation sites is 1. The molecule has 0 aliphatic carbocycles. The molecule has 0 amide bonds. The lowest BCUT2D eigenvalue weighted by Gasteiger charge is -2.28. The first kappa shape index (κ1) is 23.5. The van der Waals surface area contributed by atoms with Crippen LogP contribution >= 0.6 is 11.6 Å². The van der Waals surface area contributed by atoms with Gasteiger partial charge in [-0.15, -0.1) is 0 Å². The van der Waals surface area contributed by atoms with Crippen LogP contribution in [0.2, 0.25) is 0 Å². The first-order valence-electron chi connectivity index (χ1n) is 10.1. The maximum atomic E-state index is 11.8. The van der Waals surface area contributed by atoms with Gasteiger partial charge < -0.3 is 9.84 Å². The van der Waals surface area contributed by atoms with Crippen LogP contribution in [0.25, 0.3) is 0 Å². The van der Waals surface area contributed by atoms with E-state index in [0.717, 1.165) is 0 Å². The van der Waals surface area contributed by atoms with Crippen LogP contribution in [0.4, 0.5) is 0 Å². The highest BCUT2D eigenvalue weighted by molar-refractivity contribution is 6.30. The molecule has 1 N–H and O–H groups in total. The van der Waals surface area contributed by atoms with E-state index in [1.165, 1.54) is 0 Å². The Kier molecular flexibility index (Phi) is 8.50. The third-order valence-corrected chi connectivity index (χ3v) is 5.46. The smallest absolute Gasteiger partial charge is 0.307 e. The Hall–Kier alpha value is -2.77. The zero-order valence-electron chi connectivity index (χ0n) is 17.7. The number of halogens is 1. The quantitative estimate of drug-likeness (QED) is 0.477. The highest BCUT2D eigenvalue weighted by Crippen LogP contribution is 2.36. The van der Waals surface area contributed by atoms with Crippen molar-refractivity contribution in [1.29, 1.82) is 5.26 Å². The van der Waals surface area contributed by atoms with E-state index in [-0.39, 0.29) is 17.8 Å². The summed E-state index contributed by atoms with van der Waals surface area (Å²) in [7, 11) is 0. The zero-order valence-corrected chi connectivity index (χ0v) is 18.5. The average Bonchev–Trinajstić information content (AvgIpc) is 2.68. The van der Waals surface area contributed by atoms with Gasteiger partial charge in [0, 0.05) is 5.03 Å². The molecule has 0 aromatic heterocycles. The van der Waals surface area contributed by atoms with E-state index in [2.05, 4.69) is 6.07 Å². The summed E-state index contributed by atoms with van der Waals surface area (Å²) in [5, 5.41) is 19.9. The van der Waals surface area contributed by atoms with Crippen molar-refractivity contribution in [2.75, 3.05) is 0 Å². The molecule has 0 bridgehead atoms. The van der Waals surface area contributed by atoms with E-state index < -0.39 is 17.8 Å². The molecule has 3 atom stereocenters. The number of ether oxygens (including phenoxy) is 1. The average molecular weight is 426 g/mol. The molecule has 2 aromatic rings. The van der Waals surface area contributed by atoms with Crippen LogP contribution in [-0.4, -0.2) is 11.1 Å². The number of aliphatic carboxylic acids is 1. The zero-order chi connectivity index (χ0) is 22.3. The monoisotopic (exact) mass is 425 g/mol. The van der Waals surface area contributed by atoms with E-state index in [4.69, 9.17) is 16.3 Å². The molecule has 3 unspecified atom stereocenters. The summed E-state index contributed by atoms with van der Waals surface area (Å²) in [5.74, 6) is -1.10. The molecular weight excluding hydrogens is 398 g/mol. The van der Waals surface area contributed by atoms with E-state index in [1.54, 1.807) is 12.1 Å². The molecule has 0 heterocycles. The second-order valence-corrected chi connectivity index (χ2v) is 8.47. The lowest BCUT2D eigenvalue weighted by Crippen LogP contribution is -2.30. The fraction of sp³-hybridized carbons (Fsp3) is 0.360. The van der Waals surface area contributed by atoms with Gasteiger partial charge in [0.05, 0.1) is 12.0 Å². The van der Waals surface area contributed by atoms with Crippen molar-refractivity contribution >= 4 is 17.6 Å². The molecule has 0 saturated heterocycles. The van der Waals surface area contributed by atoms with Gasteiger partial charge in [0.2, 0.25) is 0 Å². The summed E-state index contributed by atoms with van der Waals surface area (Å²) in [6, 6.07) is 18.9. The number of allylic oxidation sites excluding steroid dienone is 2. The molecule has 0 fully saturated rings. The van der Waals surface area contributed by atoms with Gasteiger partial charge in [0.25, 0.3) is 0 Å². The predicted molar refractivity (Wildman–Crippen MR) is 120 cm³/mol. The molecule has 5 heteroatoms. The highest BCUT2D eigenvalue weighted by Gasteiger charge is 2.32. The number of hydrogen-bond donors (Lipinski definition) is 1. The summed E-state index contributed by atoms with van der Waals surface area (Å²) < 4.78 is 5.86. The number of nitriles is 1. The molecule has 158 valence electrons. The van der Waals surface area contributed by atoms with Gasteiger partial charge in [-0.3, -0.25) is 4.79 Å². The molecule has 2 aromatic carbocycles. The Bertz CT molecular complexity index is 915. The van der Waals surface area contributed by atoms with Crippen molar-refractivity contribution in [3.05, 3.63) is 71.3 Å². The number of hydrogen-bond acceptors (Lipinski definition) is 3. The maximum Gasteiger partial charge on any atom is 0.307 e. The molecule has 0 radical (unpaired) electrons. The number of carbonyl (C=O) groups is 1. The van der Waals surface area contributed by atoms with E-state index >= 15 is 0 Å². The molecule has 0 saturated carbocycles. The predicted octanol–water partition coefficient (Wildman–Crippen LogP) is 6.84. The van der Waals surface area contributed by atoms with Crippen LogP contribution in [0.1, 0.15) is 39.2 Å². The van der Waals surface area contributed by atoms with Crippen LogP contribution in [0.5, 0.6) is 11.5 Å².